The smallest absolute Gasteiger partial charge is 0.230 e. The zero-order chi connectivity index (χ0) is 22.8. The molecule has 0 radical (unpaired) electrons. The number of carbonyl (C=O) groups excluding carboxylic acids is 1. The van der Waals surface area contributed by atoms with E-state index in [4.69, 9.17) is 4.52 Å². The van der Waals surface area contributed by atoms with Gasteiger partial charge in [0.05, 0.1) is 17.5 Å². The summed E-state index contributed by atoms with van der Waals surface area (Å²) in [4.78, 5) is 24.4. The van der Waals surface area contributed by atoms with Crippen LogP contribution in [0.4, 0.5) is 10.2 Å². The number of anilines is 1. The number of hydrogen-bond donors (Lipinski definition) is 1. The summed E-state index contributed by atoms with van der Waals surface area (Å²) in [6.45, 7) is 3.30. The van der Waals surface area contributed by atoms with Crippen LogP contribution in [0.1, 0.15) is 62.4 Å². The Morgan fingerprint density at radius 2 is 2.00 bits per heavy atom. The normalized spacial score (nSPS) is 19.7. The first-order valence-corrected chi connectivity index (χ1v) is 11.7. The van der Waals surface area contributed by atoms with Crippen LogP contribution in [0.15, 0.2) is 47.1 Å². The topological polar surface area (TPSA) is 84.2 Å². The molecule has 1 saturated carbocycles. The lowest BCUT2D eigenvalue weighted by Crippen LogP contribution is -2.44. The zero-order valence-electron chi connectivity index (χ0n) is 18.7. The molecule has 1 N–H and O–H groups in total. The summed E-state index contributed by atoms with van der Waals surface area (Å²) in [5.74, 6) is 1.97. The van der Waals surface area contributed by atoms with Gasteiger partial charge in [-0.1, -0.05) is 23.7 Å². The van der Waals surface area contributed by atoms with Crippen molar-refractivity contribution in [2.24, 2.45) is 5.92 Å². The van der Waals surface area contributed by atoms with Crippen molar-refractivity contribution in [3.05, 3.63) is 59.9 Å². The second-order valence-corrected chi connectivity index (χ2v) is 9.03. The van der Waals surface area contributed by atoms with Crippen molar-refractivity contribution in [3.8, 4) is 11.4 Å². The molecule has 2 aliphatic rings. The van der Waals surface area contributed by atoms with Crippen molar-refractivity contribution < 1.29 is 13.7 Å². The van der Waals surface area contributed by atoms with Gasteiger partial charge in [-0.3, -0.25) is 4.79 Å². The highest BCUT2D eigenvalue weighted by atomic mass is 19.1. The maximum atomic E-state index is 13.2. The van der Waals surface area contributed by atoms with Gasteiger partial charge in [-0.2, -0.15) is 4.98 Å². The molecule has 8 heteroatoms. The number of rotatable bonds is 6. The van der Waals surface area contributed by atoms with Gasteiger partial charge in [0.2, 0.25) is 17.6 Å². The van der Waals surface area contributed by atoms with E-state index < -0.39 is 0 Å². The summed E-state index contributed by atoms with van der Waals surface area (Å²) in [6.07, 6.45) is 6.86. The van der Waals surface area contributed by atoms with Crippen LogP contribution in [0.5, 0.6) is 0 Å². The molecule has 1 saturated heterocycles. The first-order valence-electron chi connectivity index (χ1n) is 11.7. The third kappa shape index (κ3) is 4.60. The van der Waals surface area contributed by atoms with Gasteiger partial charge in [-0.05, 0) is 62.4 Å². The maximum Gasteiger partial charge on any atom is 0.230 e. The van der Waals surface area contributed by atoms with E-state index >= 15 is 0 Å². The van der Waals surface area contributed by atoms with E-state index in [1.54, 1.807) is 18.3 Å². The monoisotopic (exact) mass is 449 g/mol. The Labute approximate surface area is 192 Å². The highest BCUT2D eigenvalue weighted by Gasteiger charge is 2.30. The minimum atomic E-state index is -0.284. The fourth-order valence-electron chi connectivity index (χ4n) is 4.54. The van der Waals surface area contributed by atoms with Crippen LogP contribution in [0.25, 0.3) is 11.4 Å². The Morgan fingerprint density at radius 1 is 1.18 bits per heavy atom. The molecule has 2 atom stereocenters. The molecule has 0 spiro atoms. The number of nitrogens with one attached hydrogen (secondary N) is 1. The van der Waals surface area contributed by atoms with Crippen LogP contribution in [0.2, 0.25) is 0 Å². The van der Waals surface area contributed by atoms with Crippen molar-refractivity contribution >= 4 is 11.7 Å². The molecule has 2 aromatic heterocycles. The van der Waals surface area contributed by atoms with E-state index in [0.717, 1.165) is 49.2 Å². The summed E-state index contributed by atoms with van der Waals surface area (Å²) < 4.78 is 18.7. The molecule has 1 aromatic carbocycles. The number of pyridine rings is 1. The molecular weight excluding hydrogens is 421 g/mol. The van der Waals surface area contributed by atoms with Crippen molar-refractivity contribution in [1.82, 2.24) is 20.4 Å². The van der Waals surface area contributed by atoms with E-state index in [2.05, 4.69) is 25.3 Å². The second-order valence-electron chi connectivity index (χ2n) is 9.03. The standard InChI is InChI=1S/C25H28FN5O2/c1-16(17-9-11-20(26)12-10-17)28-24(32)19-7-4-14-31(15-19)23-21(8-3-13-27-23)22-29-25(33-30-22)18-5-2-6-18/h3,8-13,16,18-19H,2,4-7,14-15H2,1H3,(H,28,32)/t16-,19-/m1/s1. The van der Waals surface area contributed by atoms with E-state index in [0.29, 0.717) is 24.2 Å². The van der Waals surface area contributed by atoms with Gasteiger partial charge in [-0.15, -0.1) is 0 Å². The molecular formula is C25H28FN5O2. The molecule has 2 fully saturated rings. The lowest BCUT2D eigenvalue weighted by Gasteiger charge is -2.34. The summed E-state index contributed by atoms with van der Waals surface area (Å²) in [7, 11) is 0. The van der Waals surface area contributed by atoms with Crippen LogP contribution < -0.4 is 10.2 Å². The number of nitrogens with zero attached hydrogens (tertiary/aromatic N) is 4. The van der Waals surface area contributed by atoms with Crippen LogP contribution in [0.3, 0.4) is 0 Å². The molecule has 33 heavy (non-hydrogen) atoms. The predicted molar refractivity (Wildman–Crippen MR) is 122 cm³/mol. The van der Waals surface area contributed by atoms with Crippen molar-refractivity contribution in [1.29, 1.82) is 0 Å². The molecule has 0 unspecified atom stereocenters. The highest BCUT2D eigenvalue weighted by molar-refractivity contribution is 5.80. The number of benzene rings is 1. The first-order chi connectivity index (χ1) is 16.1. The third-order valence-corrected chi connectivity index (χ3v) is 6.74. The van der Waals surface area contributed by atoms with E-state index in [1.807, 2.05) is 19.1 Å². The van der Waals surface area contributed by atoms with Crippen molar-refractivity contribution in [3.63, 3.8) is 0 Å². The fourth-order valence-corrected chi connectivity index (χ4v) is 4.54. The van der Waals surface area contributed by atoms with Gasteiger partial charge in [0.15, 0.2) is 0 Å². The molecule has 3 aromatic rings. The van der Waals surface area contributed by atoms with E-state index in [-0.39, 0.29) is 23.7 Å². The van der Waals surface area contributed by atoms with Crippen LogP contribution >= 0.6 is 0 Å². The van der Waals surface area contributed by atoms with Gasteiger partial charge in [0.1, 0.15) is 11.6 Å². The van der Waals surface area contributed by atoms with Gasteiger partial charge < -0.3 is 14.7 Å². The Morgan fingerprint density at radius 3 is 2.76 bits per heavy atom. The average molecular weight is 450 g/mol. The number of halogens is 1. The number of aromatic nitrogens is 3. The molecule has 1 amide bonds. The largest absolute Gasteiger partial charge is 0.355 e. The Hall–Kier alpha value is -3.29. The molecule has 3 heterocycles. The molecule has 1 aliphatic carbocycles. The van der Waals surface area contributed by atoms with Crippen LogP contribution in [-0.2, 0) is 4.79 Å². The van der Waals surface area contributed by atoms with Crippen LogP contribution in [-0.4, -0.2) is 34.1 Å². The zero-order valence-corrected chi connectivity index (χ0v) is 18.7. The molecule has 5 rings (SSSR count). The lowest BCUT2D eigenvalue weighted by atomic mass is 9.85. The minimum Gasteiger partial charge on any atom is -0.355 e. The number of piperidine rings is 1. The summed E-state index contributed by atoms with van der Waals surface area (Å²) in [5.41, 5.74) is 1.70. The van der Waals surface area contributed by atoms with Gasteiger partial charge >= 0.3 is 0 Å². The summed E-state index contributed by atoms with van der Waals surface area (Å²) in [6, 6.07) is 9.87. The molecule has 7 nitrogen and oxygen atoms in total. The molecule has 172 valence electrons. The van der Waals surface area contributed by atoms with Crippen LogP contribution in [0, 0.1) is 11.7 Å². The minimum absolute atomic E-state index is 0.000775. The lowest BCUT2D eigenvalue weighted by molar-refractivity contribution is -0.125. The van der Waals surface area contributed by atoms with E-state index in [9.17, 15) is 9.18 Å². The summed E-state index contributed by atoms with van der Waals surface area (Å²) >= 11 is 0. The fraction of sp³-hybridized carbons (Fsp3) is 0.440. The average Bonchev–Trinajstić information content (AvgIpc) is 3.27. The number of amides is 1. The van der Waals surface area contributed by atoms with Gasteiger partial charge in [0.25, 0.3) is 0 Å². The number of hydrogen-bond acceptors (Lipinski definition) is 6. The van der Waals surface area contributed by atoms with Gasteiger partial charge in [0, 0.05) is 25.2 Å². The molecule has 0 bridgehead atoms. The maximum absolute atomic E-state index is 13.2. The number of carbonyl (C=O) groups is 1. The van der Waals surface area contributed by atoms with E-state index in [1.165, 1.54) is 18.6 Å². The molecule has 1 aliphatic heterocycles. The summed E-state index contributed by atoms with van der Waals surface area (Å²) in [5, 5.41) is 7.30. The Balaban J connectivity index is 1.29. The Kier molecular flexibility index (Phi) is 6.07. The SMILES string of the molecule is C[C@@H](NC(=O)[C@@H]1CCCN(c2ncccc2-c2noc(C3CCC3)n2)C1)c1ccc(F)cc1. The highest BCUT2D eigenvalue weighted by Crippen LogP contribution is 2.37. The first kappa shape index (κ1) is 21.6. The third-order valence-electron chi connectivity index (χ3n) is 6.74. The van der Waals surface area contributed by atoms with Crippen molar-refractivity contribution in [2.75, 3.05) is 18.0 Å². The predicted octanol–water partition coefficient (Wildman–Crippen LogP) is 4.63. The quantitative estimate of drug-likeness (QED) is 0.591. The van der Waals surface area contributed by atoms with Crippen molar-refractivity contribution in [2.45, 2.75) is 51.0 Å². The van der Waals surface area contributed by atoms with Gasteiger partial charge in [-0.25, -0.2) is 9.37 Å². The second kappa shape index (κ2) is 9.29. The Bertz CT molecular complexity index is 1110.